The Hall–Kier alpha value is -2.55. The normalized spacial score (nSPS) is 20.1. The predicted molar refractivity (Wildman–Crippen MR) is 114 cm³/mol. The van der Waals surface area contributed by atoms with E-state index in [-0.39, 0.29) is 45.7 Å². The Labute approximate surface area is 178 Å². The molecule has 0 aliphatic carbocycles. The number of H-pyrrole nitrogens is 1. The highest BCUT2D eigenvalue weighted by Gasteiger charge is 2.36. The number of pyridine rings is 1. The van der Waals surface area contributed by atoms with Gasteiger partial charge < -0.3 is 19.6 Å². The van der Waals surface area contributed by atoms with Gasteiger partial charge in [0.05, 0.1) is 11.3 Å². The number of unbranched alkanes of at least 4 members (excludes halogenated alkanes) is 1. The maximum Gasteiger partial charge on any atom is 0.258 e. The molecule has 2 atom stereocenters. The van der Waals surface area contributed by atoms with Crippen LogP contribution >= 0.6 is 11.8 Å². The number of rotatable bonds is 6. The number of nitrogens with zero attached hydrogens (tertiary/aromatic N) is 3. The molecule has 4 heterocycles. The second kappa shape index (κ2) is 8.67. The Morgan fingerprint density at radius 2 is 2.13 bits per heavy atom. The summed E-state index contributed by atoms with van der Waals surface area (Å²) in [5.74, 6) is 0.290. The van der Waals surface area contributed by atoms with Crippen molar-refractivity contribution in [1.29, 1.82) is 0 Å². The minimum absolute atomic E-state index is 0.0229. The molecule has 2 aromatic rings. The maximum atomic E-state index is 12.8. The molecule has 0 aromatic carbocycles. The molecule has 2 bridgehead atoms. The summed E-state index contributed by atoms with van der Waals surface area (Å²) in [7, 11) is 0. The van der Waals surface area contributed by atoms with Crippen molar-refractivity contribution in [2.24, 2.45) is 5.92 Å². The molecule has 0 unspecified atom stereocenters. The Balaban J connectivity index is 1.41. The van der Waals surface area contributed by atoms with E-state index in [1.54, 1.807) is 12.1 Å². The number of aromatic hydroxyl groups is 1. The standard InChI is InChI=1S/C21H26N4O4S/c1-2-3-5-15-19(28)22-21(23-20(15)29)30-12-18(27)24-9-13-8-14(11-24)16-6-4-7-17(26)25(16)10-13/h4,6-7,13-14H,2-3,5,8-12H2,1H3,(H2,22,23,28,29)/t13-,14+/m1/s1. The highest BCUT2D eigenvalue weighted by atomic mass is 32.2. The summed E-state index contributed by atoms with van der Waals surface area (Å²) >= 11 is 1.13. The fraction of sp³-hybridized carbons (Fsp3) is 0.524. The molecule has 4 rings (SSSR count). The number of carbonyl (C=O) groups excluding carboxylic acids is 1. The van der Waals surface area contributed by atoms with Crippen LogP contribution in [0.25, 0.3) is 0 Å². The maximum absolute atomic E-state index is 12.8. The average molecular weight is 431 g/mol. The zero-order chi connectivity index (χ0) is 21.3. The number of likely N-dealkylation sites (tertiary alicyclic amines) is 1. The minimum atomic E-state index is -0.347. The number of aromatic nitrogens is 3. The summed E-state index contributed by atoms with van der Waals surface area (Å²) in [5.41, 5.74) is 0.975. The molecule has 30 heavy (non-hydrogen) atoms. The average Bonchev–Trinajstić information content (AvgIpc) is 2.72. The van der Waals surface area contributed by atoms with E-state index in [0.717, 1.165) is 36.7 Å². The SMILES string of the molecule is CCCCc1c(O)nc(SCC(=O)N2C[C@H]3C[C@@H](C2)c2cccc(=O)n2C3)[nH]c1=O. The molecule has 2 N–H and O–H groups in total. The van der Waals surface area contributed by atoms with Gasteiger partial charge in [0.1, 0.15) is 0 Å². The van der Waals surface area contributed by atoms with E-state index in [1.807, 2.05) is 22.5 Å². The number of thioether (sulfide) groups is 1. The zero-order valence-electron chi connectivity index (χ0n) is 17.0. The van der Waals surface area contributed by atoms with E-state index in [0.29, 0.717) is 31.6 Å². The van der Waals surface area contributed by atoms with Crippen molar-refractivity contribution in [1.82, 2.24) is 19.4 Å². The van der Waals surface area contributed by atoms with Crippen LogP contribution in [0.2, 0.25) is 0 Å². The van der Waals surface area contributed by atoms with Crippen molar-refractivity contribution in [2.45, 2.75) is 50.2 Å². The van der Waals surface area contributed by atoms with E-state index in [4.69, 9.17) is 0 Å². The predicted octanol–water partition coefficient (Wildman–Crippen LogP) is 1.72. The summed E-state index contributed by atoms with van der Waals surface area (Å²) in [6, 6.07) is 5.34. The molecule has 0 radical (unpaired) electrons. The third-order valence-corrected chi connectivity index (χ3v) is 6.78. The van der Waals surface area contributed by atoms with Crippen LogP contribution in [-0.2, 0) is 17.8 Å². The summed E-state index contributed by atoms with van der Waals surface area (Å²) in [6.07, 6.45) is 3.19. The molecule has 1 amide bonds. The van der Waals surface area contributed by atoms with Crippen molar-refractivity contribution in [3.63, 3.8) is 0 Å². The second-order valence-electron chi connectivity index (χ2n) is 8.06. The molecule has 2 aromatic heterocycles. The second-order valence-corrected chi connectivity index (χ2v) is 9.03. The van der Waals surface area contributed by atoms with Crippen molar-refractivity contribution in [2.75, 3.05) is 18.8 Å². The van der Waals surface area contributed by atoms with Gasteiger partial charge >= 0.3 is 0 Å². The largest absolute Gasteiger partial charge is 0.493 e. The fourth-order valence-electron chi connectivity index (χ4n) is 4.43. The van der Waals surface area contributed by atoms with E-state index in [1.165, 1.54) is 0 Å². The lowest BCUT2D eigenvalue weighted by atomic mass is 9.83. The van der Waals surface area contributed by atoms with E-state index < -0.39 is 0 Å². The highest BCUT2D eigenvalue weighted by molar-refractivity contribution is 7.99. The molecule has 0 saturated carbocycles. The van der Waals surface area contributed by atoms with Crippen molar-refractivity contribution in [3.8, 4) is 5.88 Å². The monoisotopic (exact) mass is 430 g/mol. The quantitative estimate of drug-likeness (QED) is 0.534. The lowest BCUT2D eigenvalue weighted by Gasteiger charge is -2.42. The number of aromatic amines is 1. The van der Waals surface area contributed by atoms with Crippen LogP contribution < -0.4 is 11.1 Å². The molecule has 8 nitrogen and oxygen atoms in total. The van der Waals surface area contributed by atoms with Crippen LogP contribution in [0.1, 0.15) is 43.4 Å². The van der Waals surface area contributed by atoms with E-state index in [9.17, 15) is 19.5 Å². The van der Waals surface area contributed by atoms with Gasteiger partial charge in [0.2, 0.25) is 11.8 Å². The number of nitrogens with one attached hydrogen (secondary N) is 1. The first kappa shape index (κ1) is 20.7. The minimum Gasteiger partial charge on any atom is -0.493 e. The molecule has 2 aliphatic heterocycles. The number of amides is 1. The molecule has 160 valence electrons. The topological polar surface area (TPSA) is 108 Å². The number of fused-ring (bicyclic) bond motifs is 4. The summed E-state index contributed by atoms with van der Waals surface area (Å²) in [6.45, 7) is 3.87. The molecular weight excluding hydrogens is 404 g/mol. The van der Waals surface area contributed by atoms with Gasteiger partial charge in [-0.05, 0) is 31.2 Å². The third kappa shape index (κ3) is 4.16. The van der Waals surface area contributed by atoms with Gasteiger partial charge in [-0.15, -0.1) is 0 Å². The van der Waals surface area contributed by atoms with Gasteiger partial charge in [0, 0.05) is 37.3 Å². The van der Waals surface area contributed by atoms with E-state index in [2.05, 4.69) is 9.97 Å². The summed E-state index contributed by atoms with van der Waals surface area (Å²) in [4.78, 5) is 45.7. The lowest BCUT2D eigenvalue weighted by molar-refractivity contribution is -0.131. The first-order chi connectivity index (χ1) is 14.5. The Morgan fingerprint density at radius 1 is 1.30 bits per heavy atom. The van der Waals surface area contributed by atoms with Gasteiger partial charge in [0.15, 0.2) is 5.16 Å². The van der Waals surface area contributed by atoms with Crippen LogP contribution in [-0.4, -0.2) is 49.3 Å². The fourth-order valence-corrected chi connectivity index (χ4v) is 5.19. The lowest BCUT2D eigenvalue weighted by Crippen LogP contribution is -2.49. The number of hydrogen-bond donors (Lipinski definition) is 2. The smallest absolute Gasteiger partial charge is 0.258 e. The number of hydrogen-bond acceptors (Lipinski definition) is 6. The Kier molecular flexibility index (Phi) is 5.99. The summed E-state index contributed by atoms with van der Waals surface area (Å²) in [5, 5.41) is 10.3. The molecule has 1 fully saturated rings. The molecule has 9 heteroatoms. The van der Waals surface area contributed by atoms with Crippen LogP contribution in [0.5, 0.6) is 5.88 Å². The number of carbonyl (C=O) groups is 1. The van der Waals surface area contributed by atoms with Crippen LogP contribution in [0, 0.1) is 5.92 Å². The first-order valence-corrected chi connectivity index (χ1v) is 11.4. The zero-order valence-corrected chi connectivity index (χ0v) is 17.8. The third-order valence-electron chi connectivity index (χ3n) is 5.92. The van der Waals surface area contributed by atoms with E-state index >= 15 is 0 Å². The van der Waals surface area contributed by atoms with Crippen LogP contribution in [0.3, 0.4) is 0 Å². The van der Waals surface area contributed by atoms with Crippen molar-refractivity contribution >= 4 is 17.7 Å². The van der Waals surface area contributed by atoms with Crippen molar-refractivity contribution in [3.05, 3.63) is 50.2 Å². The highest BCUT2D eigenvalue weighted by Crippen LogP contribution is 2.35. The number of piperidine rings is 1. The van der Waals surface area contributed by atoms with Gasteiger partial charge in [0.25, 0.3) is 11.1 Å². The van der Waals surface area contributed by atoms with Gasteiger partial charge in [-0.2, -0.15) is 4.98 Å². The molecule has 2 aliphatic rings. The van der Waals surface area contributed by atoms with Gasteiger partial charge in [-0.1, -0.05) is 31.2 Å². The first-order valence-electron chi connectivity index (χ1n) is 10.4. The van der Waals surface area contributed by atoms with Gasteiger partial charge in [-0.3, -0.25) is 14.4 Å². The molecule has 0 spiro atoms. The molecular formula is C21H26N4O4S. The molecule has 1 saturated heterocycles. The van der Waals surface area contributed by atoms with Crippen LogP contribution in [0.15, 0.2) is 32.9 Å². The summed E-state index contributed by atoms with van der Waals surface area (Å²) < 4.78 is 1.84. The van der Waals surface area contributed by atoms with Gasteiger partial charge in [-0.25, -0.2) is 0 Å². The van der Waals surface area contributed by atoms with Crippen LogP contribution in [0.4, 0.5) is 0 Å². The Bertz CT molecular complexity index is 1060. The Morgan fingerprint density at radius 3 is 2.90 bits per heavy atom. The van der Waals surface area contributed by atoms with Crippen molar-refractivity contribution < 1.29 is 9.90 Å².